The van der Waals surface area contributed by atoms with Crippen molar-refractivity contribution in [3.05, 3.63) is 47.6 Å². The number of nitrogens with one attached hydrogen (secondary N) is 1. The average Bonchev–Trinajstić information content (AvgIpc) is 3.06. The first kappa shape index (κ1) is 20.0. The van der Waals surface area contributed by atoms with E-state index < -0.39 is 11.9 Å². The minimum Gasteiger partial charge on any atom is -0.473 e. The standard InChI is InChI=1S/C15H18N4O2.C2H2O4/c1-16-14(20)10-19-8-12(9-19)15-17-13(18-21-15)7-11-5-3-2-4-6-11;3-1(4)2(5)6/h2-6,12H,7-10H2,1H3,(H,16,20);(H,3,4)(H,5,6). The van der Waals surface area contributed by atoms with Crippen LogP contribution in [0.1, 0.15) is 23.2 Å². The van der Waals surface area contributed by atoms with Gasteiger partial charge in [0.25, 0.3) is 0 Å². The van der Waals surface area contributed by atoms with Gasteiger partial charge in [0.05, 0.1) is 12.5 Å². The van der Waals surface area contributed by atoms with Crippen molar-refractivity contribution in [1.82, 2.24) is 20.4 Å². The lowest BCUT2D eigenvalue weighted by molar-refractivity contribution is -0.159. The number of carbonyl (C=O) groups is 3. The lowest BCUT2D eigenvalue weighted by atomic mass is 10.0. The van der Waals surface area contributed by atoms with Gasteiger partial charge in [0, 0.05) is 26.6 Å². The maximum Gasteiger partial charge on any atom is 0.414 e. The van der Waals surface area contributed by atoms with E-state index in [-0.39, 0.29) is 11.8 Å². The van der Waals surface area contributed by atoms with E-state index in [0.29, 0.717) is 24.7 Å². The summed E-state index contributed by atoms with van der Waals surface area (Å²) in [6.07, 6.45) is 0.680. The molecule has 1 aliphatic rings. The molecule has 1 aromatic heterocycles. The topological polar surface area (TPSA) is 146 Å². The molecule has 27 heavy (non-hydrogen) atoms. The third-order valence-electron chi connectivity index (χ3n) is 3.82. The highest BCUT2D eigenvalue weighted by Crippen LogP contribution is 2.25. The smallest absolute Gasteiger partial charge is 0.414 e. The zero-order valence-electron chi connectivity index (χ0n) is 14.7. The van der Waals surface area contributed by atoms with Gasteiger partial charge in [-0.25, -0.2) is 9.59 Å². The van der Waals surface area contributed by atoms with Gasteiger partial charge in [-0.2, -0.15) is 4.98 Å². The van der Waals surface area contributed by atoms with E-state index in [0.717, 1.165) is 13.1 Å². The van der Waals surface area contributed by atoms with Crippen LogP contribution in [0.5, 0.6) is 0 Å². The number of benzene rings is 1. The summed E-state index contributed by atoms with van der Waals surface area (Å²) in [6, 6.07) is 10.1. The summed E-state index contributed by atoms with van der Waals surface area (Å²) in [5.41, 5.74) is 1.17. The molecule has 1 saturated heterocycles. The third kappa shape index (κ3) is 6.19. The molecular formula is C17H20N4O6. The van der Waals surface area contributed by atoms with Gasteiger partial charge >= 0.3 is 11.9 Å². The number of aliphatic carboxylic acids is 2. The van der Waals surface area contributed by atoms with E-state index in [1.165, 1.54) is 5.56 Å². The fourth-order valence-corrected chi connectivity index (χ4v) is 2.42. The molecule has 0 atom stereocenters. The summed E-state index contributed by atoms with van der Waals surface area (Å²) < 4.78 is 5.33. The van der Waals surface area contributed by atoms with E-state index in [2.05, 4.69) is 20.4 Å². The molecule has 1 fully saturated rings. The summed E-state index contributed by atoms with van der Waals surface area (Å²) in [5.74, 6) is -1.99. The number of hydrogen-bond acceptors (Lipinski definition) is 7. The van der Waals surface area contributed by atoms with Crippen LogP contribution in [-0.4, -0.2) is 69.8 Å². The average molecular weight is 376 g/mol. The Morgan fingerprint density at radius 1 is 1.19 bits per heavy atom. The van der Waals surface area contributed by atoms with Gasteiger partial charge in [-0.3, -0.25) is 9.69 Å². The van der Waals surface area contributed by atoms with Gasteiger partial charge in [-0.1, -0.05) is 35.5 Å². The highest BCUT2D eigenvalue weighted by molar-refractivity contribution is 6.27. The van der Waals surface area contributed by atoms with Crippen LogP contribution in [0.3, 0.4) is 0 Å². The Bertz CT molecular complexity index is 774. The molecule has 0 saturated carbocycles. The zero-order chi connectivity index (χ0) is 19.8. The van der Waals surface area contributed by atoms with Crippen LogP contribution < -0.4 is 5.32 Å². The molecule has 10 heteroatoms. The lowest BCUT2D eigenvalue weighted by Gasteiger charge is -2.36. The van der Waals surface area contributed by atoms with Gasteiger partial charge in [-0.05, 0) is 5.56 Å². The number of hydrogen-bond donors (Lipinski definition) is 3. The fraction of sp³-hybridized carbons (Fsp3) is 0.353. The van der Waals surface area contributed by atoms with E-state index in [4.69, 9.17) is 24.3 Å². The molecular weight excluding hydrogens is 356 g/mol. The number of aromatic nitrogens is 2. The molecule has 144 valence electrons. The Morgan fingerprint density at radius 3 is 2.37 bits per heavy atom. The number of carboxylic acids is 2. The highest BCUT2D eigenvalue weighted by Gasteiger charge is 2.33. The zero-order valence-corrected chi connectivity index (χ0v) is 14.7. The molecule has 10 nitrogen and oxygen atoms in total. The molecule has 3 N–H and O–H groups in total. The molecule has 0 aliphatic carbocycles. The molecule has 1 aliphatic heterocycles. The van der Waals surface area contributed by atoms with Crippen LogP contribution in [0.2, 0.25) is 0 Å². The number of rotatable bonds is 5. The largest absolute Gasteiger partial charge is 0.473 e. The summed E-state index contributed by atoms with van der Waals surface area (Å²) in [6.45, 7) is 2.01. The van der Waals surface area contributed by atoms with Gasteiger partial charge in [0.2, 0.25) is 11.8 Å². The Labute approximate surface area is 154 Å². The van der Waals surface area contributed by atoms with E-state index in [1.807, 2.05) is 30.3 Å². The van der Waals surface area contributed by atoms with Crippen LogP contribution in [0.15, 0.2) is 34.9 Å². The summed E-state index contributed by atoms with van der Waals surface area (Å²) in [4.78, 5) is 36.0. The fourth-order valence-electron chi connectivity index (χ4n) is 2.42. The van der Waals surface area contributed by atoms with Crippen LogP contribution in [0.25, 0.3) is 0 Å². The van der Waals surface area contributed by atoms with Crippen LogP contribution in [0.4, 0.5) is 0 Å². The number of likely N-dealkylation sites (N-methyl/N-ethyl adjacent to an activating group) is 1. The number of amides is 1. The molecule has 0 radical (unpaired) electrons. The van der Waals surface area contributed by atoms with E-state index in [9.17, 15) is 4.79 Å². The number of carboxylic acid groups (broad SMARTS) is 2. The Morgan fingerprint density at radius 2 is 1.81 bits per heavy atom. The van der Waals surface area contributed by atoms with Gasteiger partial charge in [0.15, 0.2) is 5.82 Å². The predicted octanol–water partition coefficient (Wildman–Crippen LogP) is -0.0388. The molecule has 0 spiro atoms. The van der Waals surface area contributed by atoms with Crippen molar-refractivity contribution in [2.24, 2.45) is 0 Å². The second-order valence-corrected chi connectivity index (χ2v) is 5.89. The van der Waals surface area contributed by atoms with E-state index in [1.54, 1.807) is 7.05 Å². The molecule has 0 unspecified atom stereocenters. The molecule has 3 rings (SSSR count). The van der Waals surface area contributed by atoms with Crippen molar-refractivity contribution < 1.29 is 29.1 Å². The lowest BCUT2D eigenvalue weighted by Crippen LogP contribution is -2.49. The molecule has 0 bridgehead atoms. The maximum atomic E-state index is 11.3. The van der Waals surface area contributed by atoms with Crippen molar-refractivity contribution >= 4 is 17.8 Å². The Kier molecular flexibility index (Phi) is 7.00. The predicted molar refractivity (Wildman–Crippen MR) is 92.1 cm³/mol. The minimum atomic E-state index is -1.82. The van der Waals surface area contributed by atoms with Crippen molar-refractivity contribution in [2.75, 3.05) is 26.7 Å². The van der Waals surface area contributed by atoms with Crippen LogP contribution in [0, 0.1) is 0 Å². The number of likely N-dealkylation sites (tertiary alicyclic amines) is 1. The maximum absolute atomic E-state index is 11.3. The van der Waals surface area contributed by atoms with Crippen molar-refractivity contribution in [2.45, 2.75) is 12.3 Å². The first-order valence-electron chi connectivity index (χ1n) is 8.14. The summed E-state index contributed by atoms with van der Waals surface area (Å²) in [5, 5.41) is 21.4. The normalized spacial score (nSPS) is 13.8. The molecule has 1 amide bonds. The quantitative estimate of drug-likeness (QED) is 0.612. The van der Waals surface area contributed by atoms with Crippen LogP contribution >= 0.6 is 0 Å². The second-order valence-electron chi connectivity index (χ2n) is 5.89. The molecule has 1 aromatic carbocycles. The Balaban J connectivity index is 0.000000380. The second kappa shape index (κ2) is 9.43. The van der Waals surface area contributed by atoms with Gasteiger partial charge < -0.3 is 20.1 Å². The molecule has 2 heterocycles. The van der Waals surface area contributed by atoms with Crippen molar-refractivity contribution in [3.8, 4) is 0 Å². The number of carbonyl (C=O) groups excluding carboxylic acids is 1. The van der Waals surface area contributed by atoms with Crippen molar-refractivity contribution in [3.63, 3.8) is 0 Å². The summed E-state index contributed by atoms with van der Waals surface area (Å²) in [7, 11) is 1.65. The monoisotopic (exact) mass is 376 g/mol. The van der Waals surface area contributed by atoms with Crippen molar-refractivity contribution in [1.29, 1.82) is 0 Å². The first-order chi connectivity index (χ1) is 12.9. The van der Waals surface area contributed by atoms with E-state index >= 15 is 0 Å². The third-order valence-corrected chi connectivity index (χ3v) is 3.82. The van der Waals surface area contributed by atoms with Gasteiger partial charge in [0.1, 0.15) is 0 Å². The first-order valence-corrected chi connectivity index (χ1v) is 8.14. The highest BCUT2D eigenvalue weighted by atomic mass is 16.5. The minimum absolute atomic E-state index is 0.0312. The van der Waals surface area contributed by atoms with Gasteiger partial charge in [-0.15, -0.1) is 0 Å². The number of nitrogens with zero attached hydrogens (tertiary/aromatic N) is 3. The summed E-state index contributed by atoms with van der Waals surface area (Å²) >= 11 is 0. The molecule has 2 aromatic rings. The Hall–Kier alpha value is -3.27. The SMILES string of the molecule is CNC(=O)CN1CC(c2nc(Cc3ccccc3)no2)C1.O=C(O)C(=O)O. The van der Waals surface area contributed by atoms with Crippen LogP contribution in [-0.2, 0) is 20.8 Å².